The van der Waals surface area contributed by atoms with Crippen molar-refractivity contribution in [2.45, 2.75) is 63.1 Å². The van der Waals surface area contributed by atoms with Gasteiger partial charge in [0.25, 0.3) is 11.8 Å². The number of aryl methyl sites for hydroxylation is 1. The van der Waals surface area contributed by atoms with Crippen molar-refractivity contribution in [3.05, 3.63) is 45.2 Å². The van der Waals surface area contributed by atoms with Gasteiger partial charge in [-0.25, -0.2) is 8.78 Å². The van der Waals surface area contributed by atoms with Crippen molar-refractivity contribution < 1.29 is 43.6 Å². The number of benzene rings is 1. The Labute approximate surface area is 235 Å². The topological polar surface area (TPSA) is 165 Å². The molecule has 5 rings (SSSR count). The number of phenols is 1. The van der Waals surface area contributed by atoms with Gasteiger partial charge < -0.3 is 26.2 Å². The van der Waals surface area contributed by atoms with Crippen molar-refractivity contribution >= 4 is 23.2 Å². The highest BCUT2D eigenvalue weighted by Crippen LogP contribution is 2.53. The predicted octanol–water partition coefficient (Wildman–Crippen LogP) is 1.76. The lowest BCUT2D eigenvalue weighted by Gasteiger charge is -2.50. The van der Waals surface area contributed by atoms with Crippen LogP contribution >= 0.6 is 0 Å². The highest BCUT2D eigenvalue weighted by molar-refractivity contribution is 6.24. The number of aromatic hydroxyl groups is 1. The highest BCUT2D eigenvalue weighted by Gasteiger charge is 2.64. The first kappa shape index (κ1) is 29.2. The summed E-state index contributed by atoms with van der Waals surface area (Å²) in [6.45, 7) is 2.32. The van der Waals surface area contributed by atoms with Crippen LogP contribution in [0.2, 0.25) is 0 Å². The van der Waals surface area contributed by atoms with Gasteiger partial charge in [0.05, 0.1) is 11.6 Å². The molecule has 1 amide bonds. The number of aliphatic hydroxyl groups excluding tert-OH is 2. The zero-order valence-corrected chi connectivity index (χ0v) is 23.2. The van der Waals surface area contributed by atoms with Crippen molar-refractivity contribution in [2.75, 3.05) is 27.2 Å². The molecule has 1 heterocycles. The number of ketones is 2. The van der Waals surface area contributed by atoms with Gasteiger partial charge in [-0.1, -0.05) is 13.0 Å². The molecule has 0 bridgehead atoms. The van der Waals surface area contributed by atoms with Crippen LogP contribution in [0, 0.1) is 11.8 Å². The average molecular weight is 576 g/mol. The summed E-state index contributed by atoms with van der Waals surface area (Å²) >= 11 is 0. The molecule has 10 nitrogen and oxygen atoms in total. The molecule has 12 heteroatoms. The van der Waals surface area contributed by atoms with Crippen LogP contribution in [0.1, 0.15) is 48.4 Å². The molecule has 1 aromatic rings. The van der Waals surface area contributed by atoms with Crippen molar-refractivity contribution in [2.24, 2.45) is 17.6 Å². The normalized spacial score (nSPS) is 29.9. The number of piperidine rings is 1. The SMILES string of the molecule is CCc1cc(CN2CCC(F)(F)CC2)c(O)c2c1CC1CC3[C@H](N(C)C)C(=O)C(C(N)=O)=C(O)[C@@]3(O)C(=O)C1=C2O. The fraction of sp³-hybridized carbons (Fsp3) is 0.552. The number of likely N-dealkylation sites (tertiary alicyclic amines) is 1. The number of nitrogens with two attached hydrogens (primary N) is 1. The van der Waals surface area contributed by atoms with Crippen LogP contribution in [0.15, 0.2) is 23.0 Å². The zero-order chi connectivity index (χ0) is 30.2. The first-order valence-corrected chi connectivity index (χ1v) is 13.8. The number of Topliss-reactive ketones (excluding diaryl/α,β-unsaturated/α-hetero) is 2. The van der Waals surface area contributed by atoms with Crippen molar-refractivity contribution in [3.63, 3.8) is 0 Å². The first-order chi connectivity index (χ1) is 19.1. The Hall–Kier alpha value is -3.35. The number of hydrogen-bond acceptors (Lipinski definition) is 9. The van der Waals surface area contributed by atoms with Gasteiger partial charge in [0, 0.05) is 49.5 Å². The minimum absolute atomic E-state index is 0.0133. The van der Waals surface area contributed by atoms with Crippen LogP contribution < -0.4 is 5.73 Å². The third-order valence-electron chi connectivity index (χ3n) is 9.25. The number of amides is 1. The van der Waals surface area contributed by atoms with Crippen LogP contribution in [-0.2, 0) is 33.8 Å². The van der Waals surface area contributed by atoms with Gasteiger partial charge in [-0.3, -0.25) is 24.2 Å². The number of alkyl halides is 2. The number of likely N-dealkylation sites (N-methyl/N-ethyl adjacent to an activating group) is 1. The molecule has 1 saturated heterocycles. The van der Waals surface area contributed by atoms with Crippen LogP contribution in [0.4, 0.5) is 8.78 Å². The fourth-order valence-corrected chi connectivity index (χ4v) is 7.17. The molecule has 1 aromatic carbocycles. The lowest BCUT2D eigenvalue weighted by molar-refractivity contribution is -0.153. The number of hydrogen-bond donors (Lipinski definition) is 5. The number of carbonyl (C=O) groups is 3. The third-order valence-corrected chi connectivity index (χ3v) is 9.25. The number of fused-ring (bicyclic) bond motifs is 3. The molecular formula is C29H35F2N3O7. The second-order valence-corrected chi connectivity index (χ2v) is 11.8. The lowest BCUT2D eigenvalue weighted by Crippen LogP contribution is -2.65. The number of carbonyl (C=O) groups excluding carboxylic acids is 3. The molecular weight excluding hydrogens is 540 g/mol. The molecule has 41 heavy (non-hydrogen) atoms. The minimum Gasteiger partial charge on any atom is -0.508 e. The summed E-state index contributed by atoms with van der Waals surface area (Å²) in [5, 5.41) is 45.6. The van der Waals surface area contributed by atoms with E-state index in [2.05, 4.69) is 0 Å². The molecule has 0 aromatic heterocycles. The number of halogens is 2. The second-order valence-electron chi connectivity index (χ2n) is 11.8. The molecule has 6 N–H and O–H groups in total. The largest absolute Gasteiger partial charge is 0.508 e. The van der Waals surface area contributed by atoms with Gasteiger partial charge in [0.15, 0.2) is 11.4 Å². The third kappa shape index (κ3) is 4.34. The summed E-state index contributed by atoms with van der Waals surface area (Å²) in [6, 6.07) is 0.645. The average Bonchev–Trinajstić information content (AvgIpc) is 2.88. The van der Waals surface area contributed by atoms with Crippen LogP contribution in [-0.4, -0.2) is 92.4 Å². The zero-order valence-electron chi connectivity index (χ0n) is 23.2. The number of nitrogens with zero attached hydrogens (tertiary/aromatic N) is 2. The van der Waals surface area contributed by atoms with E-state index in [9.17, 15) is 43.6 Å². The van der Waals surface area contributed by atoms with Gasteiger partial charge in [0.1, 0.15) is 22.8 Å². The number of rotatable bonds is 5. The van der Waals surface area contributed by atoms with Crippen LogP contribution in [0.3, 0.4) is 0 Å². The van der Waals surface area contributed by atoms with Gasteiger partial charge >= 0.3 is 0 Å². The first-order valence-electron chi connectivity index (χ1n) is 13.8. The Balaban J connectivity index is 1.63. The van der Waals surface area contributed by atoms with E-state index in [-0.39, 0.29) is 62.2 Å². The van der Waals surface area contributed by atoms with E-state index in [1.54, 1.807) is 25.1 Å². The molecule has 0 spiro atoms. The molecule has 3 aliphatic carbocycles. The molecule has 4 atom stereocenters. The van der Waals surface area contributed by atoms with Crippen molar-refractivity contribution in [3.8, 4) is 5.75 Å². The second kappa shape index (κ2) is 9.88. The molecule has 1 saturated carbocycles. The van der Waals surface area contributed by atoms with Crippen LogP contribution in [0.25, 0.3) is 5.76 Å². The van der Waals surface area contributed by atoms with Crippen LogP contribution in [0.5, 0.6) is 5.75 Å². The molecule has 222 valence electrons. The van der Waals surface area contributed by atoms with Gasteiger partial charge in [-0.05, 0) is 50.4 Å². The fourth-order valence-electron chi connectivity index (χ4n) is 7.17. The minimum atomic E-state index is -2.73. The molecule has 0 radical (unpaired) electrons. The summed E-state index contributed by atoms with van der Waals surface area (Å²) in [7, 11) is 3.09. The molecule has 4 aliphatic rings. The quantitative estimate of drug-likeness (QED) is 0.329. The lowest BCUT2D eigenvalue weighted by atomic mass is 9.57. The standard InChI is InChI=1S/C29H35F2N3O7/c1-4-13-9-15(12-34-7-5-28(30,31)6-8-34)22(35)19-16(13)10-14-11-17-21(33(2)3)24(37)20(27(32)40)26(39)29(17,41)25(38)18(14)23(19)36/h9,14,17,21,35-36,39,41H,4-8,10-12H2,1-3H3,(H2,32,40)/t14?,17?,21-,29-/m0/s1. The van der Waals surface area contributed by atoms with E-state index in [1.807, 2.05) is 6.92 Å². The van der Waals surface area contributed by atoms with Crippen molar-refractivity contribution in [1.29, 1.82) is 0 Å². The molecule has 1 aliphatic heterocycles. The Morgan fingerprint density at radius 1 is 1.15 bits per heavy atom. The van der Waals surface area contributed by atoms with E-state index in [0.29, 0.717) is 17.5 Å². The highest BCUT2D eigenvalue weighted by atomic mass is 19.3. The van der Waals surface area contributed by atoms with E-state index < -0.39 is 64.0 Å². The maximum absolute atomic E-state index is 14.0. The smallest absolute Gasteiger partial charge is 0.255 e. The summed E-state index contributed by atoms with van der Waals surface area (Å²) < 4.78 is 27.4. The Bertz CT molecular complexity index is 1410. The van der Waals surface area contributed by atoms with E-state index in [1.165, 1.54) is 4.90 Å². The molecule has 2 unspecified atom stereocenters. The summed E-state index contributed by atoms with van der Waals surface area (Å²) in [5.41, 5.74) is 3.43. The van der Waals surface area contributed by atoms with E-state index in [0.717, 1.165) is 5.56 Å². The van der Waals surface area contributed by atoms with E-state index in [4.69, 9.17) is 5.73 Å². The summed E-state index contributed by atoms with van der Waals surface area (Å²) in [4.78, 5) is 42.6. The van der Waals surface area contributed by atoms with Crippen molar-refractivity contribution in [1.82, 2.24) is 9.80 Å². The van der Waals surface area contributed by atoms with Gasteiger partial charge in [-0.2, -0.15) is 0 Å². The maximum atomic E-state index is 14.0. The number of phenolic OH excluding ortho intramolecular Hbond substituents is 1. The van der Waals surface area contributed by atoms with Gasteiger partial charge in [-0.15, -0.1) is 0 Å². The summed E-state index contributed by atoms with van der Waals surface area (Å²) in [6.07, 6.45) is 0.145. The summed E-state index contributed by atoms with van der Waals surface area (Å²) in [5.74, 6) is -9.68. The Morgan fingerprint density at radius 3 is 2.34 bits per heavy atom. The van der Waals surface area contributed by atoms with E-state index >= 15 is 0 Å². The predicted molar refractivity (Wildman–Crippen MR) is 143 cm³/mol. The monoisotopic (exact) mass is 575 g/mol. The number of primary amides is 1. The van der Waals surface area contributed by atoms with Gasteiger partial charge in [0.2, 0.25) is 5.78 Å². The Kier molecular flexibility index (Phi) is 7.03. The number of aliphatic hydroxyl groups is 3. The Morgan fingerprint density at radius 2 is 1.78 bits per heavy atom. The molecule has 2 fully saturated rings. The maximum Gasteiger partial charge on any atom is 0.255 e.